The summed E-state index contributed by atoms with van der Waals surface area (Å²) in [7, 11) is 1.88. The van der Waals surface area contributed by atoms with E-state index in [1.54, 1.807) is 0 Å². The summed E-state index contributed by atoms with van der Waals surface area (Å²) >= 11 is 5.93. The first-order valence-electron chi connectivity index (χ1n) is 5.19. The highest BCUT2D eigenvalue weighted by atomic mass is 35.5. The molecule has 1 N–H and O–H groups in total. The molecule has 1 saturated heterocycles. The molecule has 5 nitrogen and oxygen atoms in total. The van der Waals surface area contributed by atoms with Crippen molar-refractivity contribution in [2.24, 2.45) is 0 Å². The molecule has 0 spiro atoms. The van der Waals surface area contributed by atoms with E-state index < -0.39 is 0 Å². The van der Waals surface area contributed by atoms with Gasteiger partial charge >= 0.3 is 0 Å². The van der Waals surface area contributed by atoms with Crippen molar-refractivity contribution in [3.8, 4) is 0 Å². The van der Waals surface area contributed by atoms with Crippen LogP contribution < -0.4 is 10.5 Å². The van der Waals surface area contributed by atoms with E-state index in [4.69, 9.17) is 16.3 Å². The maximum atomic E-state index is 11.4. The van der Waals surface area contributed by atoms with Crippen molar-refractivity contribution in [3.63, 3.8) is 0 Å². The summed E-state index contributed by atoms with van der Waals surface area (Å²) in [6, 6.07) is 0.215. The molecule has 1 aliphatic heterocycles. The van der Waals surface area contributed by atoms with E-state index in [1.165, 1.54) is 6.33 Å². The highest BCUT2D eigenvalue weighted by Gasteiger charge is 2.29. The largest absolute Gasteiger partial charge is 0.376 e. The van der Waals surface area contributed by atoms with Gasteiger partial charge in [0.25, 0.3) is 5.56 Å². The number of halogens is 1. The van der Waals surface area contributed by atoms with Crippen LogP contribution in [-0.4, -0.2) is 35.8 Å². The van der Waals surface area contributed by atoms with E-state index in [1.807, 2.05) is 18.9 Å². The van der Waals surface area contributed by atoms with Crippen LogP contribution in [0.25, 0.3) is 0 Å². The van der Waals surface area contributed by atoms with E-state index >= 15 is 0 Å². The molecular formula is C10H14ClN3O2. The first-order chi connectivity index (χ1) is 7.61. The third-order valence-corrected chi connectivity index (χ3v) is 3.29. The number of anilines is 1. The van der Waals surface area contributed by atoms with Crippen molar-refractivity contribution in [2.75, 3.05) is 18.6 Å². The minimum absolute atomic E-state index is 0.127. The van der Waals surface area contributed by atoms with E-state index in [-0.39, 0.29) is 22.7 Å². The number of rotatable bonds is 2. The normalized spacial score (nSPS) is 24.7. The molecule has 0 amide bonds. The quantitative estimate of drug-likeness (QED) is 0.843. The van der Waals surface area contributed by atoms with Gasteiger partial charge in [-0.1, -0.05) is 11.6 Å². The molecule has 1 aromatic rings. The number of hydrogen-bond donors (Lipinski definition) is 1. The number of aromatic nitrogens is 2. The Balaban J connectivity index is 2.30. The Kier molecular flexibility index (Phi) is 3.16. The van der Waals surface area contributed by atoms with Gasteiger partial charge < -0.3 is 14.6 Å². The highest BCUT2D eigenvalue weighted by Crippen LogP contribution is 2.25. The average Bonchev–Trinajstić information content (AvgIpc) is 2.68. The molecule has 2 rings (SSSR count). The topological polar surface area (TPSA) is 58.2 Å². The van der Waals surface area contributed by atoms with Gasteiger partial charge in [0.1, 0.15) is 5.02 Å². The number of ether oxygens (including phenoxy) is 1. The zero-order valence-electron chi connectivity index (χ0n) is 9.24. The number of nitrogens with zero attached hydrogens (tertiary/aromatic N) is 2. The molecule has 0 bridgehead atoms. The standard InChI is InChI=1S/C10H14ClN3O2/c1-6-7(3-4-16-6)14(2)9-8(11)10(15)13-5-12-9/h5-7H,3-4H2,1-2H3,(H,12,13,15). The fourth-order valence-electron chi connectivity index (χ4n) is 2.01. The van der Waals surface area contributed by atoms with Gasteiger partial charge in [0, 0.05) is 13.7 Å². The molecule has 6 heteroatoms. The number of likely N-dealkylation sites (N-methyl/N-ethyl adjacent to an activating group) is 1. The van der Waals surface area contributed by atoms with E-state index in [0.29, 0.717) is 5.82 Å². The molecule has 2 unspecified atom stereocenters. The maximum Gasteiger partial charge on any atom is 0.271 e. The third-order valence-electron chi connectivity index (χ3n) is 2.95. The average molecular weight is 244 g/mol. The molecule has 1 aliphatic rings. The van der Waals surface area contributed by atoms with Gasteiger partial charge in [-0.05, 0) is 13.3 Å². The van der Waals surface area contributed by atoms with Gasteiger partial charge in [-0.25, -0.2) is 4.98 Å². The zero-order valence-corrected chi connectivity index (χ0v) is 9.99. The monoisotopic (exact) mass is 243 g/mol. The van der Waals surface area contributed by atoms with Gasteiger partial charge in [-0.3, -0.25) is 4.79 Å². The van der Waals surface area contributed by atoms with Gasteiger partial charge in [-0.15, -0.1) is 0 Å². The summed E-state index contributed by atoms with van der Waals surface area (Å²) in [6.07, 6.45) is 2.41. The molecule has 2 heterocycles. The van der Waals surface area contributed by atoms with Crippen LogP contribution >= 0.6 is 11.6 Å². The number of H-pyrrole nitrogens is 1. The Labute approximate surface area is 98.4 Å². The molecule has 0 saturated carbocycles. The summed E-state index contributed by atoms with van der Waals surface area (Å²) in [5.41, 5.74) is -0.315. The van der Waals surface area contributed by atoms with Crippen LogP contribution in [0.15, 0.2) is 11.1 Å². The van der Waals surface area contributed by atoms with Crippen molar-refractivity contribution in [1.82, 2.24) is 9.97 Å². The SMILES string of the molecule is CC1OCCC1N(C)c1nc[nH]c(=O)c1Cl. The second-order valence-electron chi connectivity index (χ2n) is 3.91. The number of aromatic amines is 1. The third kappa shape index (κ3) is 1.92. The second kappa shape index (κ2) is 4.43. The minimum atomic E-state index is -0.315. The molecule has 2 atom stereocenters. The van der Waals surface area contributed by atoms with E-state index in [9.17, 15) is 4.79 Å². The smallest absolute Gasteiger partial charge is 0.271 e. The fraction of sp³-hybridized carbons (Fsp3) is 0.600. The molecule has 0 aromatic carbocycles. The van der Waals surface area contributed by atoms with Crippen LogP contribution in [0.5, 0.6) is 0 Å². The van der Waals surface area contributed by atoms with Crippen LogP contribution in [0.3, 0.4) is 0 Å². The van der Waals surface area contributed by atoms with Crippen LogP contribution in [0.1, 0.15) is 13.3 Å². The first-order valence-corrected chi connectivity index (χ1v) is 5.56. The zero-order chi connectivity index (χ0) is 11.7. The lowest BCUT2D eigenvalue weighted by Gasteiger charge is -2.27. The van der Waals surface area contributed by atoms with Crippen LogP contribution in [0.2, 0.25) is 5.02 Å². The first kappa shape index (κ1) is 11.4. The van der Waals surface area contributed by atoms with Crippen molar-refractivity contribution in [3.05, 3.63) is 21.7 Å². The number of nitrogens with one attached hydrogen (secondary N) is 1. The summed E-state index contributed by atoms with van der Waals surface area (Å²) < 4.78 is 5.48. The predicted octanol–water partition coefficient (Wildman–Crippen LogP) is 1.04. The number of hydrogen-bond acceptors (Lipinski definition) is 4. The summed E-state index contributed by atoms with van der Waals surface area (Å²) in [5.74, 6) is 0.507. The van der Waals surface area contributed by atoms with Crippen molar-refractivity contribution < 1.29 is 4.74 Å². The maximum absolute atomic E-state index is 11.4. The Hall–Kier alpha value is -1.07. The van der Waals surface area contributed by atoms with Gasteiger partial charge in [0.15, 0.2) is 5.82 Å². The van der Waals surface area contributed by atoms with Gasteiger partial charge in [0.05, 0.1) is 18.5 Å². The predicted molar refractivity (Wildman–Crippen MR) is 62.1 cm³/mol. The van der Waals surface area contributed by atoms with Crippen molar-refractivity contribution in [1.29, 1.82) is 0 Å². The van der Waals surface area contributed by atoms with Gasteiger partial charge in [0.2, 0.25) is 0 Å². The lowest BCUT2D eigenvalue weighted by atomic mass is 10.1. The highest BCUT2D eigenvalue weighted by molar-refractivity contribution is 6.32. The van der Waals surface area contributed by atoms with Crippen LogP contribution in [-0.2, 0) is 4.74 Å². The van der Waals surface area contributed by atoms with E-state index in [2.05, 4.69) is 9.97 Å². The molecule has 16 heavy (non-hydrogen) atoms. The minimum Gasteiger partial charge on any atom is -0.376 e. The van der Waals surface area contributed by atoms with Gasteiger partial charge in [-0.2, -0.15) is 0 Å². The molecule has 0 radical (unpaired) electrons. The Morgan fingerprint density at radius 3 is 3.06 bits per heavy atom. The summed E-state index contributed by atoms with van der Waals surface area (Å²) in [6.45, 7) is 2.74. The Morgan fingerprint density at radius 1 is 1.69 bits per heavy atom. The lowest BCUT2D eigenvalue weighted by molar-refractivity contribution is 0.118. The van der Waals surface area contributed by atoms with Crippen molar-refractivity contribution >= 4 is 17.4 Å². The second-order valence-corrected chi connectivity index (χ2v) is 4.29. The molecule has 1 aromatic heterocycles. The van der Waals surface area contributed by atoms with Crippen molar-refractivity contribution in [2.45, 2.75) is 25.5 Å². The lowest BCUT2D eigenvalue weighted by Crippen LogP contribution is -2.38. The van der Waals surface area contributed by atoms with Crippen LogP contribution in [0.4, 0.5) is 5.82 Å². The molecular weight excluding hydrogens is 230 g/mol. The summed E-state index contributed by atoms with van der Waals surface area (Å²) in [5, 5.41) is 0.129. The Morgan fingerprint density at radius 2 is 2.44 bits per heavy atom. The van der Waals surface area contributed by atoms with E-state index in [0.717, 1.165) is 13.0 Å². The molecule has 0 aliphatic carbocycles. The Bertz CT molecular complexity index is 434. The molecule has 88 valence electrons. The van der Waals surface area contributed by atoms with Crippen LogP contribution in [0, 0.1) is 0 Å². The summed E-state index contributed by atoms with van der Waals surface area (Å²) in [4.78, 5) is 19.8. The fourth-order valence-corrected chi connectivity index (χ4v) is 2.24. The molecule has 1 fully saturated rings.